The molecular formula is C22H36ClN5O2. The molecule has 2 rings (SSSR count). The number of nitrogens with one attached hydrogen (secondary N) is 2. The highest BCUT2D eigenvalue weighted by Crippen LogP contribution is 2.22. The molecule has 0 aromatic heterocycles. The van der Waals surface area contributed by atoms with Crippen molar-refractivity contribution in [2.24, 2.45) is 16.6 Å². The molecule has 1 fully saturated rings. The van der Waals surface area contributed by atoms with Gasteiger partial charge in [0, 0.05) is 30.6 Å². The Morgan fingerprint density at radius 2 is 2.07 bits per heavy atom. The average molecular weight is 438 g/mol. The van der Waals surface area contributed by atoms with Gasteiger partial charge in [-0.3, -0.25) is 9.79 Å². The van der Waals surface area contributed by atoms with Crippen molar-refractivity contribution < 1.29 is 9.53 Å². The van der Waals surface area contributed by atoms with Gasteiger partial charge >= 0.3 is 0 Å². The van der Waals surface area contributed by atoms with Crippen molar-refractivity contribution in [3.63, 3.8) is 0 Å². The highest BCUT2D eigenvalue weighted by atomic mass is 35.5. The number of piperidine rings is 1. The second-order valence-electron chi connectivity index (χ2n) is 7.62. The Bertz CT molecular complexity index is 690. The third kappa shape index (κ3) is 8.40. The van der Waals surface area contributed by atoms with Crippen LogP contribution in [0.3, 0.4) is 0 Å². The van der Waals surface area contributed by atoms with Crippen LogP contribution in [-0.4, -0.2) is 63.1 Å². The Morgan fingerprint density at radius 1 is 1.30 bits per heavy atom. The lowest BCUT2D eigenvalue weighted by molar-refractivity contribution is -0.123. The van der Waals surface area contributed by atoms with Crippen LogP contribution in [0.15, 0.2) is 23.2 Å². The van der Waals surface area contributed by atoms with Crippen LogP contribution in [0.4, 0.5) is 0 Å². The minimum atomic E-state index is -0.151. The molecule has 1 saturated heterocycles. The molecule has 0 bridgehead atoms. The first-order valence-corrected chi connectivity index (χ1v) is 11.3. The first kappa shape index (κ1) is 24.3. The number of nitrogens with two attached hydrogens (primary N) is 1. The van der Waals surface area contributed by atoms with Crippen molar-refractivity contribution >= 4 is 23.5 Å². The van der Waals surface area contributed by atoms with E-state index < -0.39 is 0 Å². The number of unbranched alkanes of at least 4 members (excludes halogenated alkanes) is 1. The number of nitrogens with zero attached hydrogens (tertiary/aromatic N) is 2. The summed E-state index contributed by atoms with van der Waals surface area (Å²) in [5.74, 6) is 1.52. The van der Waals surface area contributed by atoms with E-state index in [1.165, 1.54) is 0 Å². The monoisotopic (exact) mass is 437 g/mol. The Kier molecular flexibility index (Phi) is 10.8. The molecule has 4 N–H and O–H groups in total. The maximum Gasteiger partial charge on any atom is 0.220 e. The standard InChI is InChI=1S/C22H36ClN5O2/c1-3-25-22(27-12-8-17-6-7-19(30-2)16-20(17)23)26-11-4-5-13-28-14-9-18(10-15-28)21(24)29/h6-7,16,18H,3-5,8-15H2,1-2H3,(H2,24,29)(H2,25,26,27). The number of methoxy groups -OCH3 is 1. The van der Waals surface area contributed by atoms with Gasteiger partial charge in [0.05, 0.1) is 7.11 Å². The third-order valence-corrected chi connectivity index (χ3v) is 5.79. The molecule has 0 atom stereocenters. The van der Waals surface area contributed by atoms with E-state index in [-0.39, 0.29) is 11.8 Å². The van der Waals surface area contributed by atoms with Gasteiger partial charge < -0.3 is 26.0 Å². The molecule has 1 aliphatic rings. The largest absolute Gasteiger partial charge is 0.497 e. The summed E-state index contributed by atoms with van der Waals surface area (Å²) in [4.78, 5) is 18.3. The molecule has 7 nitrogen and oxygen atoms in total. The van der Waals surface area contributed by atoms with Gasteiger partial charge in [0.2, 0.25) is 5.91 Å². The molecular weight excluding hydrogens is 402 g/mol. The molecule has 0 radical (unpaired) electrons. The van der Waals surface area contributed by atoms with Gasteiger partial charge in [-0.15, -0.1) is 0 Å². The molecule has 0 saturated carbocycles. The van der Waals surface area contributed by atoms with Crippen molar-refractivity contribution in [1.82, 2.24) is 15.5 Å². The molecule has 1 aromatic carbocycles. The molecule has 168 valence electrons. The first-order valence-electron chi connectivity index (χ1n) is 10.9. The fourth-order valence-electron chi connectivity index (χ4n) is 3.59. The number of primary amides is 1. The summed E-state index contributed by atoms with van der Waals surface area (Å²) in [6.45, 7) is 7.42. The number of guanidine groups is 1. The van der Waals surface area contributed by atoms with Gasteiger partial charge in [0.15, 0.2) is 5.96 Å². The normalized spacial score (nSPS) is 15.8. The second-order valence-corrected chi connectivity index (χ2v) is 8.03. The maximum atomic E-state index is 11.2. The predicted octanol–water partition coefficient (Wildman–Crippen LogP) is 2.42. The molecule has 1 amide bonds. The van der Waals surface area contributed by atoms with Crippen LogP contribution in [-0.2, 0) is 11.2 Å². The lowest BCUT2D eigenvalue weighted by Crippen LogP contribution is -2.39. The van der Waals surface area contributed by atoms with Gasteiger partial charge in [-0.25, -0.2) is 0 Å². The zero-order chi connectivity index (χ0) is 21.8. The number of hydrogen-bond donors (Lipinski definition) is 3. The van der Waals surface area contributed by atoms with Crippen LogP contribution in [0.25, 0.3) is 0 Å². The van der Waals surface area contributed by atoms with Crippen LogP contribution < -0.4 is 21.1 Å². The molecule has 1 heterocycles. The lowest BCUT2D eigenvalue weighted by Gasteiger charge is -2.30. The first-order chi connectivity index (χ1) is 14.5. The van der Waals surface area contributed by atoms with Crippen molar-refractivity contribution in [1.29, 1.82) is 0 Å². The number of carbonyl (C=O) groups is 1. The van der Waals surface area contributed by atoms with E-state index in [1.54, 1.807) is 7.11 Å². The number of amides is 1. The number of benzene rings is 1. The van der Waals surface area contributed by atoms with E-state index >= 15 is 0 Å². The summed E-state index contributed by atoms with van der Waals surface area (Å²) in [6.07, 6.45) is 4.73. The molecule has 1 aromatic rings. The summed E-state index contributed by atoms with van der Waals surface area (Å²) in [7, 11) is 1.64. The predicted molar refractivity (Wildman–Crippen MR) is 123 cm³/mol. The molecule has 0 aliphatic carbocycles. The number of halogens is 1. The fourth-order valence-corrected chi connectivity index (χ4v) is 3.86. The topological polar surface area (TPSA) is 92.0 Å². The van der Waals surface area contributed by atoms with E-state index in [2.05, 4.69) is 27.4 Å². The van der Waals surface area contributed by atoms with Gasteiger partial charge in [-0.05, 0) is 76.4 Å². The summed E-state index contributed by atoms with van der Waals surface area (Å²) >= 11 is 6.31. The molecule has 8 heteroatoms. The minimum Gasteiger partial charge on any atom is -0.497 e. The summed E-state index contributed by atoms with van der Waals surface area (Å²) in [5.41, 5.74) is 6.48. The maximum absolute atomic E-state index is 11.2. The fraction of sp³-hybridized carbons (Fsp3) is 0.636. The van der Waals surface area contributed by atoms with E-state index in [0.717, 1.165) is 93.7 Å². The van der Waals surface area contributed by atoms with Gasteiger partial charge in [-0.1, -0.05) is 17.7 Å². The number of aliphatic imine (C=N–C) groups is 1. The highest BCUT2D eigenvalue weighted by molar-refractivity contribution is 6.31. The van der Waals surface area contributed by atoms with Gasteiger partial charge in [0.1, 0.15) is 5.75 Å². The van der Waals surface area contributed by atoms with Crippen LogP contribution in [0.1, 0.15) is 38.2 Å². The Balaban J connectivity index is 1.66. The number of likely N-dealkylation sites (tertiary alicyclic amines) is 1. The molecule has 30 heavy (non-hydrogen) atoms. The van der Waals surface area contributed by atoms with Crippen molar-refractivity contribution in [2.45, 2.75) is 39.0 Å². The van der Waals surface area contributed by atoms with E-state index in [0.29, 0.717) is 0 Å². The lowest BCUT2D eigenvalue weighted by atomic mass is 9.96. The smallest absolute Gasteiger partial charge is 0.220 e. The molecule has 1 aliphatic heterocycles. The molecule has 0 spiro atoms. The Hall–Kier alpha value is -1.99. The van der Waals surface area contributed by atoms with Gasteiger partial charge in [0.25, 0.3) is 0 Å². The van der Waals surface area contributed by atoms with Crippen molar-refractivity contribution in [2.75, 3.05) is 46.4 Å². The highest BCUT2D eigenvalue weighted by Gasteiger charge is 2.22. The Labute approximate surface area is 185 Å². The van der Waals surface area contributed by atoms with E-state index in [4.69, 9.17) is 22.1 Å². The summed E-state index contributed by atoms with van der Waals surface area (Å²) in [5, 5.41) is 7.39. The van der Waals surface area contributed by atoms with Crippen molar-refractivity contribution in [3.05, 3.63) is 28.8 Å². The zero-order valence-corrected chi connectivity index (χ0v) is 19.0. The van der Waals surface area contributed by atoms with Crippen LogP contribution in [0.2, 0.25) is 5.02 Å². The van der Waals surface area contributed by atoms with E-state index in [9.17, 15) is 4.79 Å². The number of hydrogen-bond acceptors (Lipinski definition) is 4. The molecule has 0 unspecified atom stereocenters. The zero-order valence-electron chi connectivity index (χ0n) is 18.3. The quantitative estimate of drug-likeness (QED) is 0.281. The van der Waals surface area contributed by atoms with Crippen LogP contribution >= 0.6 is 11.6 Å². The summed E-state index contributed by atoms with van der Waals surface area (Å²) < 4.78 is 5.19. The Morgan fingerprint density at radius 3 is 2.70 bits per heavy atom. The SMILES string of the molecule is CCNC(=NCCCCN1CCC(C(N)=O)CC1)NCCc1ccc(OC)cc1Cl. The average Bonchev–Trinajstić information content (AvgIpc) is 2.74. The third-order valence-electron chi connectivity index (χ3n) is 5.43. The number of ether oxygens (including phenoxy) is 1. The number of carbonyl (C=O) groups excluding carboxylic acids is 1. The second kappa shape index (κ2) is 13.3. The van der Waals surface area contributed by atoms with Crippen molar-refractivity contribution in [3.8, 4) is 5.75 Å². The number of rotatable bonds is 11. The van der Waals surface area contributed by atoms with Crippen LogP contribution in [0, 0.1) is 5.92 Å². The van der Waals surface area contributed by atoms with Crippen LogP contribution in [0.5, 0.6) is 5.75 Å². The summed E-state index contributed by atoms with van der Waals surface area (Å²) in [6, 6.07) is 5.77. The van der Waals surface area contributed by atoms with E-state index in [1.807, 2.05) is 18.2 Å². The van der Waals surface area contributed by atoms with Gasteiger partial charge in [-0.2, -0.15) is 0 Å². The minimum absolute atomic E-state index is 0.0624.